The average molecular weight is 343 g/mol. The summed E-state index contributed by atoms with van der Waals surface area (Å²) >= 11 is 0. The van der Waals surface area contributed by atoms with Gasteiger partial charge in [0.2, 0.25) is 0 Å². The zero-order chi connectivity index (χ0) is 17.8. The van der Waals surface area contributed by atoms with E-state index in [1.165, 1.54) is 0 Å². The molecule has 0 spiro atoms. The van der Waals surface area contributed by atoms with Crippen LogP contribution in [0.5, 0.6) is 0 Å². The molecule has 2 N–H and O–H groups in total. The number of pyridine rings is 1. The van der Waals surface area contributed by atoms with Crippen molar-refractivity contribution in [1.29, 1.82) is 5.26 Å². The molecule has 3 rings (SSSR count). The summed E-state index contributed by atoms with van der Waals surface area (Å²) in [5, 5.41) is 8.85. The Bertz CT molecular complexity index is 632. The molecule has 2 atom stereocenters. The van der Waals surface area contributed by atoms with E-state index in [0.29, 0.717) is 12.2 Å². The molecule has 0 aromatic carbocycles. The fourth-order valence-electron chi connectivity index (χ4n) is 3.51. The van der Waals surface area contributed by atoms with Crippen molar-refractivity contribution in [2.24, 2.45) is 5.73 Å². The van der Waals surface area contributed by atoms with Crippen molar-refractivity contribution in [3.63, 3.8) is 0 Å². The van der Waals surface area contributed by atoms with Crippen molar-refractivity contribution in [3.05, 3.63) is 23.9 Å². The van der Waals surface area contributed by atoms with Gasteiger partial charge < -0.3 is 20.3 Å². The minimum Gasteiger partial charge on any atom is -0.367 e. The fraction of sp³-hybridized carbons (Fsp3) is 0.611. The number of nitrogens with zero attached hydrogens (tertiary/aromatic N) is 4. The van der Waals surface area contributed by atoms with Crippen molar-refractivity contribution in [2.75, 3.05) is 31.1 Å². The van der Waals surface area contributed by atoms with Crippen LogP contribution < -0.4 is 10.6 Å². The topological polar surface area (TPSA) is 95.5 Å². The highest BCUT2D eigenvalue weighted by Crippen LogP contribution is 2.26. The van der Waals surface area contributed by atoms with E-state index in [-0.39, 0.29) is 24.1 Å². The number of carbonyl (C=O) groups excluding carboxylic acids is 1. The summed E-state index contributed by atoms with van der Waals surface area (Å²) in [6, 6.07) is 5.98. The zero-order valence-corrected chi connectivity index (χ0v) is 14.6. The van der Waals surface area contributed by atoms with Gasteiger partial charge in [0.25, 0.3) is 5.91 Å². The summed E-state index contributed by atoms with van der Waals surface area (Å²) in [6.07, 6.45) is 3.87. The molecule has 1 unspecified atom stereocenters. The predicted octanol–water partition coefficient (Wildman–Crippen LogP) is 0.887. The minimum absolute atomic E-state index is 0.0509. The van der Waals surface area contributed by atoms with Crippen LogP contribution in [0.4, 0.5) is 5.82 Å². The number of rotatable bonds is 5. The Morgan fingerprint density at radius 2 is 2.12 bits per heavy atom. The highest BCUT2D eigenvalue weighted by molar-refractivity contribution is 5.83. The quantitative estimate of drug-likeness (QED) is 0.853. The Balaban J connectivity index is 1.52. The summed E-state index contributed by atoms with van der Waals surface area (Å²) in [7, 11) is 0. The lowest BCUT2D eigenvalue weighted by Crippen LogP contribution is -2.47. The van der Waals surface area contributed by atoms with Gasteiger partial charge in [0.1, 0.15) is 18.0 Å². The van der Waals surface area contributed by atoms with Crippen molar-refractivity contribution in [2.45, 2.75) is 44.4 Å². The van der Waals surface area contributed by atoms with Crippen LogP contribution in [0.1, 0.15) is 31.7 Å². The first kappa shape index (κ1) is 17.6. The molecule has 0 aliphatic carbocycles. The lowest BCUT2D eigenvalue weighted by atomic mass is 10.0. The summed E-state index contributed by atoms with van der Waals surface area (Å²) in [4.78, 5) is 21.1. The second-order valence-corrected chi connectivity index (χ2v) is 6.85. The molecular formula is C18H25N5O2. The molecule has 2 saturated heterocycles. The van der Waals surface area contributed by atoms with Crippen LogP contribution in [0.15, 0.2) is 18.3 Å². The Labute approximate surface area is 148 Å². The first-order valence-electron chi connectivity index (χ1n) is 8.87. The Morgan fingerprint density at radius 1 is 1.36 bits per heavy atom. The van der Waals surface area contributed by atoms with E-state index in [2.05, 4.69) is 16.0 Å². The monoisotopic (exact) mass is 343 g/mol. The Hall–Kier alpha value is -2.17. The smallest absolute Gasteiger partial charge is 0.252 e. The van der Waals surface area contributed by atoms with E-state index in [4.69, 9.17) is 15.7 Å². The van der Waals surface area contributed by atoms with Gasteiger partial charge >= 0.3 is 0 Å². The van der Waals surface area contributed by atoms with E-state index in [1.807, 2.05) is 17.9 Å². The van der Waals surface area contributed by atoms with Gasteiger partial charge in [-0.05, 0) is 31.9 Å². The van der Waals surface area contributed by atoms with Crippen molar-refractivity contribution >= 4 is 11.7 Å². The molecule has 0 bridgehead atoms. The van der Waals surface area contributed by atoms with Gasteiger partial charge in [0.05, 0.1) is 12.2 Å². The number of likely N-dealkylation sites (tertiary alicyclic amines) is 1. The first-order chi connectivity index (χ1) is 12.1. The van der Waals surface area contributed by atoms with Gasteiger partial charge in [-0.3, -0.25) is 4.79 Å². The number of ether oxygens (including phenoxy) is 1. The second kappa shape index (κ2) is 7.81. The summed E-state index contributed by atoms with van der Waals surface area (Å²) in [5.74, 6) is 0.999. The molecule has 2 aliphatic rings. The normalized spacial score (nSPS) is 22.9. The average Bonchev–Trinajstić information content (AvgIpc) is 3.01. The van der Waals surface area contributed by atoms with Gasteiger partial charge in [-0.15, -0.1) is 0 Å². The molecule has 1 amide bonds. The van der Waals surface area contributed by atoms with E-state index >= 15 is 0 Å². The third kappa shape index (κ3) is 4.09. The minimum atomic E-state index is -0.329. The van der Waals surface area contributed by atoms with E-state index in [9.17, 15) is 4.79 Å². The van der Waals surface area contributed by atoms with Crippen LogP contribution in [0.25, 0.3) is 0 Å². The third-order valence-corrected chi connectivity index (χ3v) is 4.86. The number of nitriles is 1. The van der Waals surface area contributed by atoms with Gasteiger partial charge in [0.15, 0.2) is 0 Å². The van der Waals surface area contributed by atoms with Crippen molar-refractivity contribution in [1.82, 2.24) is 9.88 Å². The molecule has 7 nitrogen and oxygen atoms in total. The van der Waals surface area contributed by atoms with Gasteiger partial charge in [-0.25, -0.2) is 4.98 Å². The number of amides is 1. The van der Waals surface area contributed by atoms with Crippen molar-refractivity contribution in [3.8, 4) is 6.07 Å². The molecular weight excluding hydrogens is 318 g/mol. The highest BCUT2D eigenvalue weighted by Gasteiger charge is 2.37. The number of aromatic nitrogens is 1. The van der Waals surface area contributed by atoms with Crippen LogP contribution in [-0.4, -0.2) is 60.2 Å². The molecule has 25 heavy (non-hydrogen) atoms. The maximum Gasteiger partial charge on any atom is 0.252 e. The number of anilines is 1. The maximum atomic E-state index is 12.5. The number of piperidine rings is 1. The predicted molar refractivity (Wildman–Crippen MR) is 93.9 cm³/mol. The molecule has 0 radical (unpaired) electrons. The van der Waals surface area contributed by atoms with Crippen LogP contribution in [0, 0.1) is 11.3 Å². The van der Waals surface area contributed by atoms with Crippen LogP contribution in [-0.2, 0) is 9.53 Å². The number of carbonyl (C=O) groups is 1. The highest BCUT2D eigenvalue weighted by atomic mass is 16.5. The largest absolute Gasteiger partial charge is 0.367 e. The standard InChI is InChI=1S/C18H25N5O2/c1-13(20)12-25-16-6-9-23(18(16)24)15-4-7-22(8-5-15)17-3-2-14(10-19)11-21-17/h2-3,11,13,15-16H,4-9,12,20H2,1H3/t13-,16?/m0/s1. The van der Waals surface area contributed by atoms with Crippen molar-refractivity contribution < 1.29 is 9.53 Å². The van der Waals surface area contributed by atoms with Gasteiger partial charge in [-0.1, -0.05) is 0 Å². The summed E-state index contributed by atoms with van der Waals surface area (Å²) < 4.78 is 5.65. The SMILES string of the molecule is C[C@H](N)COC1CCN(C2CCN(c3ccc(C#N)cn3)CC2)C1=O. The summed E-state index contributed by atoms with van der Waals surface area (Å²) in [6.45, 7) is 4.79. The number of hydrogen-bond acceptors (Lipinski definition) is 6. The van der Waals surface area contributed by atoms with Crippen LogP contribution in [0.3, 0.4) is 0 Å². The molecule has 0 saturated carbocycles. The molecule has 3 heterocycles. The van der Waals surface area contributed by atoms with Crippen LogP contribution in [0.2, 0.25) is 0 Å². The molecule has 2 aliphatic heterocycles. The van der Waals surface area contributed by atoms with E-state index in [1.54, 1.807) is 12.3 Å². The van der Waals surface area contributed by atoms with Crippen LogP contribution >= 0.6 is 0 Å². The maximum absolute atomic E-state index is 12.5. The lowest BCUT2D eigenvalue weighted by molar-refractivity contribution is -0.139. The van der Waals surface area contributed by atoms with Gasteiger partial charge in [0, 0.05) is 44.3 Å². The number of nitrogens with two attached hydrogens (primary N) is 1. The number of hydrogen-bond donors (Lipinski definition) is 1. The third-order valence-electron chi connectivity index (χ3n) is 4.86. The fourth-order valence-corrected chi connectivity index (χ4v) is 3.51. The summed E-state index contributed by atoms with van der Waals surface area (Å²) in [5.41, 5.74) is 6.27. The van der Waals surface area contributed by atoms with Gasteiger partial charge in [-0.2, -0.15) is 5.26 Å². The molecule has 134 valence electrons. The Kier molecular flexibility index (Phi) is 5.51. The zero-order valence-electron chi connectivity index (χ0n) is 14.6. The van der Waals surface area contributed by atoms with E-state index < -0.39 is 0 Å². The Morgan fingerprint density at radius 3 is 2.72 bits per heavy atom. The molecule has 1 aromatic rings. The molecule has 1 aromatic heterocycles. The molecule has 7 heteroatoms. The first-order valence-corrected chi connectivity index (χ1v) is 8.87. The van der Waals surface area contributed by atoms with E-state index in [0.717, 1.165) is 44.7 Å². The second-order valence-electron chi connectivity index (χ2n) is 6.85. The molecule has 2 fully saturated rings. The lowest BCUT2D eigenvalue weighted by Gasteiger charge is -2.37.